The molecule has 0 aromatic heterocycles. The molecule has 0 spiro atoms. The lowest BCUT2D eigenvalue weighted by Gasteiger charge is -2.29. The van der Waals surface area contributed by atoms with Gasteiger partial charge < -0.3 is 9.64 Å². The van der Waals surface area contributed by atoms with Gasteiger partial charge in [-0.3, -0.25) is 4.79 Å². The zero-order chi connectivity index (χ0) is 11.1. The molecule has 0 aromatic carbocycles. The quantitative estimate of drug-likeness (QED) is 0.655. The molecule has 0 aromatic rings. The Labute approximate surface area is 92.8 Å². The van der Waals surface area contributed by atoms with E-state index < -0.39 is 0 Å². The molecule has 15 heavy (non-hydrogen) atoms. The second-order valence-electron chi connectivity index (χ2n) is 4.53. The monoisotopic (exact) mass is 213 g/mol. The Hall–Kier alpha value is -0.570. The Bertz CT molecular complexity index is 194. The van der Waals surface area contributed by atoms with Crippen molar-refractivity contribution in [1.82, 2.24) is 4.90 Å². The summed E-state index contributed by atoms with van der Waals surface area (Å²) in [6.07, 6.45) is 5.04. The largest absolute Gasteiger partial charge is 0.466 e. The van der Waals surface area contributed by atoms with Gasteiger partial charge >= 0.3 is 5.97 Å². The molecular formula is C12H23NO2. The van der Waals surface area contributed by atoms with Gasteiger partial charge in [-0.05, 0) is 45.2 Å². The van der Waals surface area contributed by atoms with E-state index in [1.165, 1.54) is 19.4 Å². The van der Waals surface area contributed by atoms with Crippen molar-refractivity contribution in [2.75, 3.05) is 26.7 Å². The average Bonchev–Trinajstić information content (AvgIpc) is 2.23. The van der Waals surface area contributed by atoms with E-state index in [-0.39, 0.29) is 5.97 Å². The Morgan fingerprint density at radius 3 is 3.00 bits per heavy atom. The third-order valence-corrected chi connectivity index (χ3v) is 2.95. The van der Waals surface area contributed by atoms with E-state index in [4.69, 9.17) is 4.74 Å². The number of carbonyl (C=O) groups excluding carboxylic acids is 1. The molecule has 1 aliphatic heterocycles. The molecule has 0 aliphatic carbocycles. The van der Waals surface area contributed by atoms with Gasteiger partial charge in [-0.25, -0.2) is 0 Å². The SMILES string of the molecule is CCCOC(=O)CC[C@H]1CCCN(C)C1. The van der Waals surface area contributed by atoms with Gasteiger partial charge in [0.15, 0.2) is 0 Å². The number of esters is 1. The van der Waals surface area contributed by atoms with Crippen LogP contribution in [0.4, 0.5) is 0 Å². The van der Waals surface area contributed by atoms with Crippen molar-refractivity contribution >= 4 is 5.97 Å². The molecule has 1 atom stereocenters. The van der Waals surface area contributed by atoms with E-state index in [9.17, 15) is 4.79 Å². The smallest absolute Gasteiger partial charge is 0.305 e. The molecule has 0 bridgehead atoms. The number of ether oxygens (including phenoxy) is 1. The fraction of sp³-hybridized carbons (Fsp3) is 0.917. The highest BCUT2D eigenvalue weighted by atomic mass is 16.5. The van der Waals surface area contributed by atoms with Gasteiger partial charge in [-0.15, -0.1) is 0 Å². The number of hydrogen-bond acceptors (Lipinski definition) is 3. The van der Waals surface area contributed by atoms with Gasteiger partial charge in [0.2, 0.25) is 0 Å². The summed E-state index contributed by atoms with van der Waals surface area (Å²) in [5, 5.41) is 0. The Kier molecular flexibility index (Phi) is 5.69. The Morgan fingerprint density at radius 1 is 1.53 bits per heavy atom. The zero-order valence-electron chi connectivity index (χ0n) is 10.00. The van der Waals surface area contributed by atoms with E-state index >= 15 is 0 Å². The van der Waals surface area contributed by atoms with Crippen molar-refractivity contribution in [2.24, 2.45) is 5.92 Å². The highest BCUT2D eigenvalue weighted by Crippen LogP contribution is 2.19. The highest BCUT2D eigenvalue weighted by molar-refractivity contribution is 5.69. The van der Waals surface area contributed by atoms with Gasteiger partial charge in [0, 0.05) is 13.0 Å². The van der Waals surface area contributed by atoms with Crippen molar-refractivity contribution in [3.8, 4) is 0 Å². The summed E-state index contributed by atoms with van der Waals surface area (Å²) in [6, 6.07) is 0. The molecule has 3 heteroatoms. The number of carbonyl (C=O) groups is 1. The summed E-state index contributed by atoms with van der Waals surface area (Å²) in [5.74, 6) is 0.669. The Balaban J connectivity index is 2.10. The molecule has 88 valence electrons. The minimum Gasteiger partial charge on any atom is -0.466 e. The first kappa shape index (κ1) is 12.5. The minimum atomic E-state index is -0.0231. The van der Waals surface area contributed by atoms with Crippen LogP contribution in [-0.2, 0) is 9.53 Å². The van der Waals surface area contributed by atoms with Crippen LogP contribution in [0.15, 0.2) is 0 Å². The van der Waals surface area contributed by atoms with Crippen molar-refractivity contribution in [3.05, 3.63) is 0 Å². The standard InChI is InChI=1S/C12H23NO2/c1-3-9-15-12(14)7-6-11-5-4-8-13(2)10-11/h11H,3-10H2,1-2H3/t11-/m1/s1. The molecular weight excluding hydrogens is 190 g/mol. The van der Waals surface area contributed by atoms with Crippen molar-refractivity contribution in [1.29, 1.82) is 0 Å². The molecule has 1 aliphatic rings. The van der Waals surface area contributed by atoms with Gasteiger partial charge in [0.25, 0.3) is 0 Å². The Morgan fingerprint density at radius 2 is 2.33 bits per heavy atom. The van der Waals surface area contributed by atoms with Crippen LogP contribution in [0, 0.1) is 5.92 Å². The van der Waals surface area contributed by atoms with Crippen LogP contribution >= 0.6 is 0 Å². The number of hydrogen-bond donors (Lipinski definition) is 0. The molecule has 3 nitrogen and oxygen atoms in total. The average molecular weight is 213 g/mol. The minimum absolute atomic E-state index is 0.0231. The van der Waals surface area contributed by atoms with Gasteiger partial charge in [0.1, 0.15) is 0 Å². The lowest BCUT2D eigenvalue weighted by atomic mass is 9.94. The lowest BCUT2D eigenvalue weighted by molar-refractivity contribution is -0.144. The maximum atomic E-state index is 11.3. The van der Waals surface area contributed by atoms with Crippen LogP contribution in [0.2, 0.25) is 0 Å². The van der Waals surface area contributed by atoms with E-state index in [1.807, 2.05) is 6.92 Å². The summed E-state index contributed by atoms with van der Waals surface area (Å²) in [4.78, 5) is 13.6. The van der Waals surface area contributed by atoms with Crippen LogP contribution in [-0.4, -0.2) is 37.6 Å². The number of likely N-dealkylation sites (tertiary alicyclic amines) is 1. The fourth-order valence-corrected chi connectivity index (χ4v) is 2.12. The van der Waals surface area contributed by atoms with Crippen LogP contribution in [0.5, 0.6) is 0 Å². The molecule has 1 heterocycles. The predicted molar refractivity (Wildman–Crippen MR) is 60.7 cm³/mol. The van der Waals surface area contributed by atoms with E-state index in [0.717, 1.165) is 19.4 Å². The molecule has 0 N–H and O–H groups in total. The number of piperidine rings is 1. The summed E-state index contributed by atoms with van der Waals surface area (Å²) in [6.45, 7) is 4.94. The zero-order valence-corrected chi connectivity index (χ0v) is 10.00. The first-order valence-electron chi connectivity index (χ1n) is 6.06. The third-order valence-electron chi connectivity index (χ3n) is 2.95. The summed E-state index contributed by atoms with van der Waals surface area (Å²) < 4.78 is 5.06. The molecule has 0 amide bonds. The second kappa shape index (κ2) is 6.83. The topological polar surface area (TPSA) is 29.5 Å². The van der Waals surface area contributed by atoms with Crippen LogP contribution < -0.4 is 0 Å². The maximum absolute atomic E-state index is 11.3. The normalized spacial score (nSPS) is 22.7. The second-order valence-corrected chi connectivity index (χ2v) is 4.53. The number of rotatable bonds is 5. The van der Waals surface area contributed by atoms with Crippen molar-refractivity contribution in [2.45, 2.75) is 39.0 Å². The summed E-state index contributed by atoms with van der Waals surface area (Å²) in [7, 11) is 2.15. The van der Waals surface area contributed by atoms with Crippen LogP contribution in [0.1, 0.15) is 39.0 Å². The molecule has 0 unspecified atom stereocenters. The summed E-state index contributed by atoms with van der Waals surface area (Å²) >= 11 is 0. The highest BCUT2D eigenvalue weighted by Gasteiger charge is 2.18. The van der Waals surface area contributed by atoms with Crippen LogP contribution in [0.3, 0.4) is 0 Å². The van der Waals surface area contributed by atoms with Crippen LogP contribution in [0.25, 0.3) is 0 Å². The maximum Gasteiger partial charge on any atom is 0.305 e. The molecule has 0 radical (unpaired) electrons. The molecule has 1 fully saturated rings. The molecule has 0 saturated carbocycles. The van der Waals surface area contributed by atoms with Gasteiger partial charge in [0.05, 0.1) is 6.61 Å². The van der Waals surface area contributed by atoms with Gasteiger partial charge in [-0.2, -0.15) is 0 Å². The van der Waals surface area contributed by atoms with Gasteiger partial charge in [-0.1, -0.05) is 6.92 Å². The first-order valence-corrected chi connectivity index (χ1v) is 6.06. The van der Waals surface area contributed by atoms with Crippen molar-refractivity contribution < 1.29 is 9.53 Å². The lowest BCUT2D eigenvalue weighted by Crippen LogP contribution is -2.32. The summed E-state index contributed by atoms with van der Waals surface area (Å²) in [5.41, 5.74) is 0. The molecule has 1 rings (SSSR count). The molecule has 1 saturated heterocycles. The number of nitrogens with zero attached hydrogens (tertiary/aromatic N) is 1. The van der Waals surface area contributed by atoms with E-state index in [2.05, 4.69) is 11.9 Å². The fourth-order valence-electron chi connectivity index (χ4n) is 2.12. The van der Waals surface area contributed by atoms with E-state index in [1.54, 1.807) is 0 Å². The van der Waals surface area contributed by atoms with E-state index in [0.29, 0.717) is 18.9 Å². The first-order chi connectivity index (χ1) is 7.22. The third kappa shape index (κ3) is 5.17. The predicted octanol–water partition coefficient (Wildman–Crippen LogP) is 2.06. The van der Waals surface area contributed by atoms with Crippen molar-refractivity contribution in [3.63, 3.8) is 0 Å².